The lowest BCUT2D eigenvalue weighted by molar-refractivity contribution is -0.152. The van der Waals surface area contributed by atoms with Crippen molar-refractivity contribution >= 4 is 29.3 Å². The first kappa shape index (κ1) is 17.9. The van der Waals surface area contributed by atoms with Crippen LogP contribution in [-0.4, -0.2) is 23.0 Å². The van der Waals surface area contributed by atoms with Crippen molar-refractivity contribution in [3.63, 3.8) is 0 Å². The Balaban J connectivity index is 1.89. The molecule has 0 aliphatic heterocycles. The van der Waals surface area contributed by atoms with Crippen LogP contribution in [0.25, 0.3) is 0 Å². The Labute approximate surface area is 146 Å². The first-order chi connectivity index (χ1) is 11.3. The maximum Gasteiger partial charge on any atom is 0.311 e. The van der Waals surface area contributed by atoms with E-state index in [4.69, 9.17) is 16.3 Å². The molecule has 1 heterocycles. The number of hydrogen-bond acceptors (Lipinski definition) is 4. The molecule has 6 heteroatoms. The number of anilines is 1. The van der Waals surface area contributed by atoms with Crippen LogP contribution in [0.2, 0.25) is 5.02 Å². The third-order valence-corrected chi connectivity index (χ3v) is 3.80. The van der Waals surface area contributed by atoms with Crippen molar-refractivity contribution in [2.75, 3.05) is 5.32 Å². The highest BCUT2D eigenvalue weighted by atomic mass is 35.5. The highest BCUT2D eigenvalue weighted by Gasteiger charge is 2.18. The van der Waals surface area contributed by atoms with Crippen molar-refractivity contribution in [1.82, 2.24) is 4.98 Å². The van der Waals surface area contributed by atoms with E-state index in [1.54, 1.807) is 12.1 Å². The van der Waals surface area contributed by atoms with Gasteiger partial charge in [-0.2, -0.15) is 0 Å². The lowest BCUT2D eigenvalue weighted by atomic mass is 10.0. The molecular formula is C18H19ClN2O3. The second kappa shape index (κ2) is 7.93. The Hall–Kier alpha value is -2.40. The number of carbonyl (C=O) groups excluding carboxylic acids is 2. The maximum atomic E-state index is 12.0. The highest BCUT2D eigenvalue weighted by Crippen LogP contribution is 2.12. The van der Waals surface area contributed by atoms with Gasteiger partial charge < -0.3 is 10.1 Å². The summed E-state index contributed by atoms with van der Waals surface area (Å²) in [6.07, 6.45) is 0.632. The van der Waals surface area contributed by atoms with Crippen LogP contribution in [0, 0.1) is 13.8 Å². The van der Waals surface area contributed by atoms with Gasteiger partial charge in [0, 0.05) is 6.20 Å². The first-order valence-electron chi connectivity index (χ1n) is 7.53. The largest absolute Gasteiger partial charge is 0.452 e. The number of halogens is 1. The minimum absolute atomic E-state index is 0.123. The second-order valence-electron chi connectivity index (χ2n) is 5.58. The molecule has 126 valence electrons. The van der Waals surface area contributed by atoms with Crippen molar-refractivity contribution in [1.29, 1.82) is 0 Å². The van der Waals surface area contributed by atoms with Gasteiger partial charge in [0.25, 0.3) is 5.91 Å². The van der Waals surface area contributed by atoms with Crippen molar-refractivity contribution in [3.8, 4) is 0 Å². The minimum Gasteiger partial charge on any atom is -0.452 e. The van der Waals surface area contributed by atoms with Crippen LogP contribution in [0.3, 0.4) is 0 Å². The number of carbonyl (C=O) groups is 2. The predicted molar refractivity (Wildman–Crippen MR) is 93.1 cm³/mol. The van der Waals surface area contributed by atoms with E-state index in [-0.39, 0.29) is 6.42 Å². The fraction of sp³-hybridized carbons (Fsp3) is 0.278. The standard InChI is InChI=1S/C18H19ClN2O3/c1-11-4-5-14(8-12(11)2)9-17(22)24-13(3)18(23)21-16-7-6-15(19)10-20-16/h4-8,10,13H,9H2,1-3H3,(H,20,21,23)/t13-/m1/s1. The SMILES string of the molecule is Cc1ccc(CC(=O)O[C@H](C)C(=O)Nc2ccc(Cl)cn2)cc1C. The van der Waals surface area contributed by atoms with E-state index in [1.807, 2.05) is 32.0 Å². The third-order valence-electron chi connectivity index (χ3n) is 3.58. The molecule has 0 saturated carbocycles. The van der Waals surface area contributed by atoms with E-state index >= 15 is 0 Å². The molecular weight excluding hydrogens is 328 g/mol. The zero-order chi connectivity index (χ0) is 17.7. The number of nitrogens with one attached hydrogen (secondary N) is 1. The molecule has 0 bridgehead atoms. The average molecular weight is 347 g/mol. The molecule has 1 amide bonds. The molecule has 0 spiro atoms. The van der Waals surface area contributed by atoms with Gasteiger partial charge in [-0.05, 0) is 49.6 Å². The minimum atomic E-state index is -0.915. The quantitative estimate of drug-likeness (QED) is 0.842. The van der Waals surface area contributed by atoms with Crippen molar-refractivity contribution < 1.29 is 14.3 Å². The number of pyridine rings is 1. The molecule has 1 atom stereocenters. The van der Waals surface area contributed by atoms with Crippen molar-refractivity contribution in [3.05, 3.63) is 58.2 Å². The van der Waals surface area contributed by atoms with Crippen LogP contribution in [0.5, 0.6) is 0 Å². The van der Waals surface area contributed by atoms with Crippen LogP contribution in [-0.2, 0) is 20.7 Å². The number of ether oxygens (including phenoxy) is 1. The number of aromatic nitrogens is 1. The number of aryl methyl sites for hydroxylation is 2. The van der Waals surface area contributed by atoms with Gasteiger partial charge in [-0.15, -0.1) is 0 Å². The summed E-state index contributed by atoms with van der Waals surface area (Å²) in [5, 5.41) is 3.04. The number of rotatable bonds is 5. The average Bonchev–Trinajstić information content (AvgIpc) is 2.53. The summed E-state index contributed by atoms with van der Waals surface area (Å²) in [5.74, 6) is -0.551. The van der Waals surface area contributed by atoms with Gasteiger partial charge in [-0.3, -0.25) is 9.59 Å². The third kappa shape index (κ3) is 5.06. The van der Waals surface area contributed by atoms with E-state index in [9.17, 15) is 9.59 Å². The lowest BCUT2D eigenvalue weighted by Gasteiger charge is -2.13. The van der Waals surface area contributed by atoms with Crippen LogP contribution < -0.4 is 5.32 Å². The van der Waals surface area contributed by atoms with E-state index in [2.05, 4.69) is 10.3 Å². The molecule has 1 N–H and O–H groups in total. The predicted octanol–water partition coefficient (Wildman–Crippen LogP) is 3.46. The molecule has 1 aromatic heterocycles. The number of hydrogen-bond donors (Lipinski definition) is 1. The molecule has 0 aliphatic rings. The van der Waals surface area contributed by atoms with Gasteiger partial charge in [0.15, 0.2) is 6.10 Å². The molecule has 24 heavy (non-hydrogen) atoms. The summed E-state index contributed by atoms with van der Waals surface area (Å²) in [6.45, 7) is 5.51. The Bertz CT molecular complexity index is 744. The Morgan fingerprint density at radius 3 is 2.58 bits per heavy atom. The number of esters is 1. The first-order valence-corrected chi connectivity index (χ1v) is 7.91. The maximum absolute atomic E-state index is 12.0. The number of nitrogens with zero attached hydrogens (tertiary/aromatic N) is 1. The molecule has 0 radical (unpaired) electrons. The summed E-state index contributed by atoms with van der Waals surface area (Å²) >= 11 is 5.73. The lowest BCUT2D eigenvalue weighted by Crippen LogP contribution is -2.30. The van der Waals surface area contributed by atoms with Crippen LogP contribution in [0.4, 0.5) is 5.82 Å². The summed E-state index contributed by atoms with van der Waals surface area (Å²) in [6, 6.07) is 8.97. The van der Waals surface area contributed by atoms with Gasteiger partial charge in [-0.25, -0.2) is 4.98 Å². The van der Waals surface area contributed by atoms with Crippen LogP contribution >= 0.6 is 11.6 Å². The van der Waals surface area contributed by atoms with E-state index < -0.39 is 18.0 Å². The van der Waals surface area contributed by atoms with Gasteiger partial charge in [0.1, 0.15) is 5.82 Å². The normalized spacial score (nSPS) is 11.7. The summed E-state index contributed by atoms with van der Waals surface area (Å²) < 4.78 is 5.18. The number of benzene rings is 1. The molecule has 0 saturated heterocycles. The van der Waals surface area contributed by atoms with Gasteiger partial charge in [0.2, 0.25) is 0 Å². The van der Waals surface area contributed by atoms with Crippen LogP contribution in [0.1, 0.15) is 23.6 Å². The molecule has 0 fully saturated rings. The summed E-state index contributed by atoms with van der Waals surface area (Å²) in [7, 11) is 0. The molecule has 2 rings (SSSR count). The fourth-order valence-corrected chi connectivity index (χ4v) is 2.16. The zero-order valence-electron chi connectivity index (χ0n) is 13.8. The van der Waals surface area contributed by atoms with Gasteiger partial charge >= 0.3 is 5.97 Å². The smallest absolute Gasteiger partial charge is 0.311 e. The van der Waals surface area contributed by atoms with E-state index in [1.165, 1.54) is 13.1 Å². The molecule has 1 aromatic carbocycles. The van der Waals surface area contributed by atoms with Gasteiger partial charge in [-0.1, -0.05) is 29.8 Å². The Morgan fingerprint density at radius 2 is 1.96 bits per heavy atom. The monoisotopic (exact) mass is 346 g/mol. The topological polar surface area (TPSA) is 68.3 Å². The van der Waals surface area contributed by atoms with E-state index in [0.717, 1.165) is 16.7 Å². The summed E-state index contributed by atoms with van der Waals surface area (Å²) in [4.78, 5) is 28.0. The highest BCUT2D eigenvalue weighted by molar-refractivity contribution is 6.30. The molecule has 2 aromatic rings. The molecule has 5 nitrogen and oxygen atoms in total. The Kier molecular flexibility index (Phi) is 5.93. The second-order valence-corrected chi connectivity index (χ2v) is 6.01. The van der Waals surface area contributed by atoms with Crippen molar-refractivity contribution in [2.24, 2.45) is 0 Å². The zero-order valence-corrected chi connectivity index (χ0v) is 14.6. The van der Waals surface area contributed by atoms with Crippen molar-refractivity contribution in [2.45, 2.75) is 33.3 Å². The summed E-state index contributed by atoms with van der Waals surface area (Å²) in [5.41, 5.74) is 3.13. The van der Waals surface area contributed by atoms with Gasteiger partial charge in [0.05, 0.1) is 11.4 Å². The molecule has 0 unspecified atom stereocenters. The Morgan fingerprint density at radius 1 is 1.21 bits per heavy atom. The van der Waals surface area contributed by atoms with E-state index in [0.29, 0.717) is 10.8 Å². The molecule has 0 aliphatic carbocycles. The van der Waals surface area contributed by atoms with Crippen LogP contribution in [0.15, 0.2) is 36.5 Å². The fourth-order valence-electron chi connectivity index (χ4n) is 2.05. The number of amides is 1.